The van der Waals surface area contributed by atoms with Crippen LogP contribution in [0.25, 0.3) is 11.4 Å². The van der Waals surface area contributed by atoms with Crippen molar-refractivity contribution in [1.82, 2.24) is 30.7 Å². The number of allylic oxidation sites excluding steroid dienone is 7. The fraction of sp³-hybridized carbons (Fsp3) is 0.276. The van der Waals surface area contributed by atoms with Crippen LogP contribution in [0.15, 0.2) is 210 Å². The number of thiocarbonyl (C=S) groups is 1. The summed E-state index contributed by atoms with van der Waals surface area (Å²) in [4.78, 5) is 56.6. The Hall–Kier alpha value is -12.5. The number of benzene rings is 7. The van der Waals surface area contributed by atoms with Crippen molar-refractivity contribution in [3.05, 3.63) is 305 Å². The molecule has 2 aliphatic rings. The SMILES string of the molecule is C=CCBr.C=CCCC(=S)c1c(CC=C)cc(C)cc1OC.C=CCSC#N.C=CCc1cc(C)cc(OC)c1.C=CCc1cc(C)cc(OC)c1-c1nnc(C(N)=O)n1CC=C.CC(=O)C(N)=O.COc1c[c-]cc(C)c1.COc1cccc(C)c1.Cc1cc(C)c2c(c1)C/C=C\CN(C(=N)C(N)=O)C2=N.N.N=C(C(N)=O)N1CCCCc2cc(O)cc(O)c2C1=N.[Cl-].[Mg+2]. The number of fused-ring (bicyclic) bond motifs is 2. The number of phenols is 2. The fourth-order valence-corrected chi connectivity index (χ4v) is 12.6. The van der Waals surface area contributed by atoms with E-state index in [1.165, 1.54) is 61.0 Å². The molecular formula is C98H125BrClMgN15O12S2. The number of aromatic hydroxyl groups is 2. The predicted molar refractivity (Wildman–Crippen MR) is 533 cm³/mol. The molecule has 10 rings (SSSR count). The molecule has 0 fully saturated rings. The van der Waals surface area contributed by atoms with Crippen molar-refractivity contribution in [1.29, 1.82) is 26.9 Å². The van der Waals surface area contributed by atoms with Gasteiger partial charge in [0.2, 0.25) is 11.6 Å². The van der Waals surface area contributed by atoms with E-state index in [4.69, 9.17) is 80.0 Å². The Kier molecular flexibility index (Phi) is 62.5. The van der Waals surface area contributed by atoms with Crippen LogP contribution in [0.1, 0.15) is 127 Å². The number of methoxy groups -OCH3 is 5. The number of thioether (sulfide) groups is 1. The molecule has 8 aromatic rings. The van der Waals surface area contributed by atoms with Crippen molar-refractivity contribution in [3.8, 4) is 57.0 Å². The fourth-order valence-electron chi connectivity index (χ4n) is 12.1. The van der Waals surface area contributed by atoms with Crippen molar-refractivity contribution in [3.63, 3.8) is 0 Å². The van der Waals surface area contributed by atoms with Crippen LogP contribution in [0.3, 0.4) is 0 Å². The topological polar surface area (TPSA) is 467 Å². The third kappa shape index (κ3) is 42.6. The number of nitriles is 1. The van der Waals surface area contributed by atoms with Crippen molar-refractivity contribution in [2.75, 3.05) is 59.7 Å². The molecule has 0 bridgehead atoms. The number of hydrogen-bond donors (Lipinski definition) is 11. The molecule has 7 aromatic carbocycles. The van der Waals surface area contributed by atoms with Crippen LogP contribution in [0.5, 0.6) is 40.2 Å². The Labute approximate surface area is 807 Å². The first-order chi connectivity index (χ1) is 60.4. The van der Waals surface area contributed by atoms with Crippen LogP contribution in [0.2, 0.25) is 0 Å². The maximum atomic E-state index is 11.6. The summed E-state index contributed by atoms with van der Waals surface area (Å²) in [5, 5.41) is 70.1. The van der Waals surface area contributed by atoms with E-state index in [1.54, 1.807) is 64.4 Å². The number of carbonyl (C=O) groups is 5. The molecule has 0 aliphatic carbocycles. The summed E-state index contributed by atoms with van der Waals surface area (Å²) in [7, 11) is 8.30. The quantitative estimate of drug-likeness (QED) is 0.00242. The summed E-state index contributed by atoms with van der Waals surface area (Å²) in [6.07, 6.45) is 23.4. The van der Waals surface area contributed by atoms with Gasteiger partial charge in [-0.1, -0.05) is 138 Å². The minimum atomic E-state index is -0.921. The van der Waals surface area contributed by atoms with Gasteiger partial charge in [0.05, 0.1) is 46.7 Å². The maximum absolute atomic E-state index is 11.6. The zero-order chi connectivity index (χ0) is 96.0. The molecule has 4 amide bonds. The molecule has 692 valence electrons. The first-order valence-electron chi connectivity index (χ1n) is 39.7. The Balaban J connectivity index is -0.00000142. The Morgan fingerprint density at radius 2 is 1.15 bits per heavy atom. The Morgan fingerprint density at radius 3 is 1.65 bits per heavy atom. The number of rotatable bonds is 23. The largest absolute Gasteiger partial charge is 2.00 e. The molecule has 0 radical (unpaired) electrons. The third-order valence-corrected chi connectivity index (χ3v) is 19.0. The average molecular weight is 1910 g/mol. The number of alkyl halides is 1. The number of ketones is 1. The zero-order valence-electron chi connectivity index (χ0n) is 76.9. The van der Waals surface area contributed by atoms with Gasteiger partial charge in [0.1, 0.15) is 51.6 Å². The first kappa shape index (κ1) is 122. The summed E-state index contributed by atoms with van der Waals surface area (Å²) in [5.41, 5.74) is 36.0. The van der Waals surface area contributed by atoms with Crippen molar-refractivity contribution in [2.24, 2.45) is 22.9 Å². The van der Waals surface area contributed by atoms with E-state index in [0.717, 1.165) is 135 Å². The number of hydrogen-bond acceptors (Lipinski definition) is 22. The number of amidine groups is 4. The van der Waals surface area contributed by atoms with Gasteiger partial charge in [0.15, 0.2) is 17.5 Å². The van der Waals surface area contributed by atoms with Gasteiger partial charge in [-0.2, -0.15) is 23.0 Å². The number of Topliss-reactive ketones (excluding diaryl/α,β-unsaturated/α-hetero) is 1. The number of aryl methyl sites for hydroxylation is 8. The van der Waals surface area contributed by atoms with Gasteiger partial charge in [-0.05, 0) is 209 Å². The number of nitrogens with zero attached hydrogens (tertiary/aromatic N) is 6. The molecule has 0 spiro atoms. The molecule has 0 atom stereocenters. The van der Waals surface area contributed by atoms with Crippen LogP contribution in [-0.2, 0) is 57.8 Å². The molecule has 3 heterocycles. The van der Waals surface area contributed by atoms with E-state index in [0.29, 0.717) is 56.0 Å². The Bertz CT molecular complexity index is 5210. The molecule has 130 heavy (non-hydrogen) atoms. The molecule has 0 saturated carbocycles. The number of amides is 4. The summed E-state index contributed by atoms with van der Waals surface area (Å²) >= 11 is 9.85. The molecule has 2 aliphatic heterocycles. The van der Waals surface area contributed by atoms with Crippen molar-refractivity contribution in [2.45, 2.75) is 120 Å². The maximum Gasteiger partial charge on any atom is 2.00 e. The Morgan fingerprint density at radius 1 is 0.608 bits per heavy atom. The number of thiocyanates is 1. The third-order valence-electron chi connectivity index (χ3n) is 17.6. The van der Waals surface area contributed by atoms with Crippen LogP contribution in [-0.4, -0.2) is 175 Å². The van der Waals surface area contributed by atoms with E-state index in [2.05, 4.69) is 110 Å². The van der Waals surface area contributed by atoms with Gasteiger partial charge in [-0.25, -0.2) is 0 Å². The number of ether oxygens (including phenoxy) is 5. The number of aromatic nitrogens is 3. The van der Waals surface area contributed by atoms with Gasteiger partial charge in [-0.3, -0.25) is 50.2 Å². The molecule has 17 N–H and O–H groups in total. The molecule has 1 aromatic heterocycles. The van der Waals surface area contributed by atoms with Crippen LogP contribution < -0.4 is 65.2 Å². The number of nitrogens with one attached hydrogen (secondary N) is 4. The predicted octanol–water partition coefficient (Wildman–Crippen LogP) is 14.1. The van der Waals surface area contributed by atoms with Crippen LogP contribution in [0, 0.1) is 86.8 Å². The van der Waals surface area contributed by atoms with Crippen LogP contribution >= 0.6 is 39.9 Å². The monoisotopic (exact) mass is 1910 g/mol. The summed E-state index contributed by atoms with van der Waals surface area (Å²) < 4.78 is 27.7. The van der Waals surface area contributed by atoms with Gasteiger partial charge < -0.3 is 85.2 Å². The minimum absolute atomic E-state index is 0. The van der Waals surface area contributed by atoms with Crippen molar-refractivity contribution >= 4 is 121 Å². The summed E-state index contributed by atoms with van der Waals surface area (Å²) in [6.45, 7) is 41.9. The smallest absolute Gasteiger partial charge is 1.00 e. The number of primary amides is 4. The van der Waals surface area contributed by atoms with E-state index in [-0.39, 0.29) is 82.0 Å². The molecule has 0 unspecified atom stereocenters. The van der Waals surface area contributed by atoms with E-state index in [9.17, 15) is 34.2 Å². The second kappa shape index (κ2) is 66.8. The van der Waals surface area contributed by atoms with E-state index < -0.39 is 35.2 Å². The first-order valence-corrected chi connectivity index (χ1v) is 42.2. The van der Waals surface area contributed by atoms with Gasteiger partial charge in [0, 0.05) is 65.4 Å². The normalized spacial score (nSPS) is 11.0. The number of halogens is 2. The molecule has 32 heteroatoms. The average Bonchev–Trinajstić information content (AvgIpc) is 1.59. The second-order valence-electron chi connectivity index (χ2n) is 27.9. The number of nitrogens with two attached hydrogens (primary N) is 4. The number of carbonyl (C=O) groups excluding carboxylic acids is 5. The molecular weight excluding hydrogens is 1780 g/mol. The molecule has 27 nitrogen and oxygen atoms in total. The van der Waals surface area contributed by atoms with Gasteiger partial charge in [0.25, 0.3) is 23.6 Å². The van der Waals surface area contributed by atoms with Crippen LogP contribution in [0.4, 0.5) is 0 Å². The van der Waals surface area contributed by atoms with Gasteiger partial charge in [-0.15, -0.1) is 68.4 Å². The minimum Gasteiger partial charge on any atom is -1.00 e. The standard InChI is InChI=1S/C17H20N4O2.C16H20OS.C15H18N4O.C13H16N4O3.C11H14O.C8H10O.C8H9O.C4H5NS.C3H5Br.C3H5NO2.ClH.Mg.H3N/c1-5-7-12-9-11(3)10-13(23-4)14(12)16-19-20-17(15(18)22)21(16)8-6-2;1-5-7-9-15(18)16-13(8-6-2)10-12(3)11-14(16)17-4;1-9-7-10(2)12-11(8-9)5-3-4-6-19(13(12)16)14(17)15(18)20;14-11-10-7(5-8(18)6-9(10)19)3-1-2-4-17(11)12(15)13(16)20;1-4-5-10-6-9(2)7-11(8-10)12-3;2*1-7-4-3-5-8(6-7)9-2;1-2-3-6-4-5;1-2-3-4;1-2(5)3(4)6;;;/h5-6,9-10H,1-2,7-8H2,3-4H3,(H2,18,22);5-6,10-11H,1-2,7-9H2,3-4H3;3-4,7-8,16-17H,5-6H2,1-2H3,(H2,18,20);5-6,14-15,18-19H,1-4H2,(H2,16,20);4,6-8H,1,5H2,2-3H3;3-6H,1-2H3;4-6H,1-2H3;2H,1,3H2;2H,1,3H2;1H3,(H2,4,6);1H;;1H3/q;;;;;;-1;;;;;+2;/p-1/b;;4-3-,16-13?,17-14?;;;;;;;;;;. The zero-order valence-corrected chi connectivity index (χ0v) is 82.3. The van der Waals surface area contributed by atoms with Crippen molar-refractivity contribution < 1.29 is 70.3 Å². The van der Waals surface area contributed by atoms with E-state index in [1.807, 2.05) is 155 Å². The second-order valence-corrected chi connectivity index (χ2v) is 29.8. The van der Waals surface area contributed by atoms with E-state index >= 15 is 0 Å². The summed E-state index contributed by atoms with van der Waals surface area (Å²) in [5.74, 6) is 0.580. The summed E-state index contributed by atoms with van der Waals surface area (Å²) in [6, 6.07) is 37.6. The van der Waals surface area contributed by atoms with Gasteiger partial charge >= 0.3 is 23.1 Å². The number of phenolic OH excluding ortho intramolecular Hbond substituents is 2. The molecule has 0 saturated heterocycles.